The second-order valence-corrected chi connectivity index (χ2v) is 4.47. The highest BCUT2D eigenvalue weighted by molar-refractivity contribution is 4.98. The fraction of sp³-hybridized carbons (Fsp3) is 1.00. The highest BCUT2D eigenvalue weighted by atomic mass is 16.9. The van der Waals surface area contributed by atoms with Crippen LogP contribution in [0.5, 0.6) is 0 Å². The molecule has 0 radical (unpaired) electrons. The summed E-state index contributed by atoms with van der Waals surface area (Å²) >= 11 is 0. The third-order valence-electron chi connectivity index (χ3n) is 2.93. The molecule has 13 heavy (non-hydrogen) atoms. The van der Waals surface area contributed by atoms with Crippen LogP contribution in [0.2, 0.25) is 0 Å². The van der Waals surface area contributed by atoms with Gasteiger partial charge >= 0.3 is 0 Å². The van der Waals surface area contributed by atoms with Crippen molar-refractivity contribution < 1.29 is 14.2 Å². The molecule has 0 spiro atoms. The summed E-state index contributed by atoms with van der Waals surface area (Å²) < 4.78 is 16.2. The van der Waals surface area contributed by atoms with E-state index in [1.807, 2.05) is 0 Å². The largest absolute Gasteiger partial charge is 0.330 e. The highest BCUT2D eigenvalue weighted by Crippen LogP contribution is 2.53. The van der Waals surface area contributed by atoms with Gasteiger partial charge in [-0.3, -0.25) is 0 Å². The molecular formula is C10H20O3. The van der Waals surface area contributed by atoms with Gasteiger partial charge in [-0.1, -0.05) is 13.8 Å². The predicted octanol–water partition coefficient (Wildman–Crippen LogP) is 2.01. The first-order valence-electron chi connectivity index (χ1n) is 4.69. The normalized spacial score (nSPS) is 30.2. The van der Waals surface area contributed by atoms with Gasteiger partial charge in [-0.05, 0) is 19.8 Å². The van der Waals surface area contributed by atoms with Gasteiger partial charge in [-0.15, -0.1) is 0 Å². The second-order valence-electron chi connectivity index (χ2n) is 4.47. The van der Waals surface area contributed by atoms with Crippen LogP contribution in [0.15, 0.2) is 0 Å². The van der Waals surface area contributed by atoms with Crippen molar-refractivity contribution in [3.05, 3.63) is 0 Å². The minimum Gasteiger partial charge on any atom is -0.330 e. The van der Waals surface area contributed by atoms with E-state index in [1.54, 1.807) is 14.2 Å². The molecule has 3 heteroatoms. The summed E-state index contributed by atoms with van der Waals surface area (Å²) in [5.74, 6) is -0.365. The van der Waals surface area contributed by atoms with Crippen LogP contribution in [0.25, 0.3) is 0 Å². The molecular weight excluding hydrogens is 168 g/mol. The third kappa shape index (κ3) is 1.30. The number of rotatable bonds is 3. The molecule has 0 amide bonds. The Morgan fingerprint density at radius 1 is 1.15 bits per heavy atom. The number of hydrogen-bond donors (Lipinski definition) is 0. The summed E-state index contributed by atoms with van der Waals surface area (Å²) in [6.45, 7) is 8.49. The Morgan fingerprint density at radius 3 is 1.85 bits per heavy atom. The van der Waals surface area contributed by atoms with Crippen LogP contribution in [0.3, 0.4) is 0 Å². The van der Waals surface area contributed by atoms with E-state index in [-0.39, 0.29) is 11.5 Å². The van der Waals surface area contributed by atoms with Gasteiger partial charge in [0.25, 0.3) is 5.97 Å². The van der Waals surface area contributed by atoms with E-state index in [2.05, 4.69) is 27.7 Å². The fourth-order valence-corrected chi connectivity index (χ4v) is 2.26. The Morgan fingerprint density at radius 2 is 1.62 bits per heavy atom. The van der Waals surface area contributed by atoms with Gasteiger partial charge in [0.05, 0.1) is 11.5 Å². The summed E-state index contributed by atoms with van der Waals surface area (Å²) in [5.41, 5.74) is -0.0926. The van der Waals surface area contributed by atoms with E-state index in [0.29, 0.717) is 5.92 Å². The van der Waals surface area contributed by atoms with Crippen molar-refractivity contribution in [2.45, 2.75) is 39.8 Å². The SMILES string of the molecule is COC1(OC)OC(C(C)C)C1(C)C. The van der Waals surface area contributed by atoms with Gasteiger partial charge in [-0.25, -0.2) is 0 Å². The van der Waals surface area contributed by atoms with Crippen LogP contribution < -0.4 is 0 Å². The van der Waals surface area contributed by atoms with Crippen molar-refractivity contribution >= 4 is 0 Å². The lowest BCUT2D eigenvalue weighted by Crippen LogP contribution is -2.69. The van der Waals surface area contributed by atoms with Crippen LogP contribution in [0, 0.1) is 11.3 Å². The first kappa shape index (κ1) is 11.0. The number of methoxy groups -OCH3 is 2. The molecule has 0 aromatic carbocycles. The molecule has 0 N–H and O–H groups in total. The lowest BCUT2D eigenvalue weighted by Gasteiger charge is -2.59. The van der Waals surface area contributed by atoms with E-state index in [9.17, 15) is 0 Å². The molecule has 1 rings (SSSR count). The molecule has 1 aliphatic heterocycles. The summed E-state index contributed by atoms with van der Waals surface area (Å²) in [5, 5.41) is 0. The highest BCUT2D eigenvalue weighted by Gasteiger charge is 2.64. The maximum atomic E-state index is 5.66. The van der Waals surface area contributed by atoms with E-state index >= 15 is 0 Å². The molecule has 3 nitrogen and oxygen atoms in total. The quantitative estimate of drug-likeness (QED) is 0.634. The van der Waals surface area contributed by atoms with Gasteiger partial charge in [0.15, 0.2) is 0 Å². The number of hydrogen-bond acceptors (Lipinski definition) is 3. The Labute approximate surface area is 80.4 Å². The van der Waals surface area contributed by atoms with E-state index in [4.69, 9.17) is 14.2 Å². The van der Waals surface area contributed by atoms with E-state index < -0.39 is 5.97 Å². The van der Waals surface area contributed by atoms with Crippen LogP contribution in [0.1, 0.15) is 27.7 Å². The standard InChI is InChI=1S/C10H20O3/c1-7(2)8-9(3,4)10(11-5,12-6)13-8/h7-8H,1-6H3. The van der Waals surface area contributed by atoms with Crippen molar-refractivity contribution in [2.75, 3.05) is 14.2 Å². The van der Waals surface area contributed by atoms with Crippen molar-refractivity contribution in [1.82, 2.24) is 0 Å². The van der Waals surface area contributed by atoms with Crippen molar-refractivity contribution in [3.63, 3.8) is 0 Å². The minimum atomic E-state index is -0.845. The topological polar surface area (TPSA) is 27.7 Å². The van der Waals surface area contributed by atoms with Crippen LogP contribution in [-0.2, 0) is 14.2 Å². The number of ether oxygens (including phenoxy) is 3. The third-order valence-corrected chi connectivity index (χ3v) is 2.93. The second kappa shape index (κ2) is 3.23. The van der Waals surface area contributed by atoms with Crippen LogP contribution in [0.4, 0.5) is 0 Å². The fourth-order valence-electron chi connectivity index (χ4n) is 2.26. The predicted molar refractivity (Wildman–Crippen MR) is 50.2 cm³/mol. The molecule has 0 saturated carbocycles. The minimum absolute atomic E-state index is 0.0926. The molecule has 0 aromatic rings. The summed E-state index contributed by atoms with van der Waals surface area (Å²) in [6.07, 6.45) is 0.201. The maximum absolute atomic E-state index is 5.66. The summed E-state index contributed by atoms with van der Waals surface area (Å²) in [4.78, 5) is 0. The smallest absolute Gasteiger partial charge is 0.290 e. The molecule has 1 heterocycles. The van der Waals surface area contributed by atoms with E-state index in [0.717, 1.165) is 0 Å². The van der Waals surface area contributed by atoms with Gasteiger partial charge < -0.3 is 14.2 Å². The lowest BCUT2D eigenvalue weighted by atomic mass is 9.73. The van der Waals surface area contributed by atoms with E-state index in [1.165, 1.54) is 0 Å². The van der Waals surface area contributed by atoms with Gasteiger partial charge in [0.1, 0.15) is 0 Å². The maximum Gasteiger partial charge on any atom is 0.290 e. The zero-order valence-corrected chi connectivity index (χ0v) is 9.38. The Hall–Kier alpha value is -0.120. The Kier molecular flexibility index (Phi) is 2.72. The molecule has 1 aliphatic rings. The average molecular weight is 188 g/mol. The van der Waals surface area contributed by atoms with Crippen molar-refractivity contribution in [2.24, 2.45) is 11.3 Å². The van der Waals surface area contributed by atoms with Crippen LogP contribution in [-0.4, -0.2) is 26.3 Å². The molecule has 1 fully saturated rings. The first-order valence-corrected chi connectivity index (χ1v) is 4.69. The van der Waals surface area contributed by atoms with Crippen molar-refractivity contribution in [1.29, 1.82) is 0 Å². The summed E-state index contributed by atoms with van der Waals surface area (Å²) in [7, 11) is 3.23. The van der Waals surface area contributed by atoms with Gasteiger partial charge in [0.2, 0.25) is 0 Å². The zero-order valence-electron chi connectivity index (χ0n) is 9.38. The molecule has 1 atom stereocenters. The molecule has 0 bridgehead atoms. The molecule has 1 unspecified atom stereocenters. The van der Waals surface area contributed by atoms with Gasteiger partial charge in [0, 0.05) is 14.2 Å². The Balaban J connectivity index is 2.78. The lowest BCUT2D eigenvalue weighted by molar-refractivity contribution is -0.516. The van der Waals surface area contributed by atoms with Crippen molar-refractivity contribution in [3.8, 4) is 0 Å². The zero-order chi connectivity index (χ0) is 10.3. The molecule has 1 saturated heterocycles. The monoisotopic (exact) mass is 188 g/mol. The molecule has 78 valence electrons. The summed E-state index contributed by atoms with van der Waals surface area (Å²) in [6, 6.07) is 0. The first-order chi connectivity index (χ1) is 5.91. The van der Waals surface area contributed by atoms with Gasteiger partial charge in [-0.2, -0.15) is 0 Å². The average Bonchev–Trinajstić information content (AvgIpc) is 2.04. The Bertz CT molecular complexity index is 183. The van der Waals surface area contributed by atoms with Crippen LogP contribution >= 0.6 is 0 Å². The molecule has 0 aromatic heterocycles. The molecule has 0 aliphatic carbocycles.